The number of hydrogen-bond acceptors (Lipinski definition) is 4. The number of carbonyl (C=O) groups is 1. The van der Waals surface area contributed by atoms with Gasteiger partial charge >= 0.3 is 5.97 Å². The molecule has 2 aromatic rings. The van der Waals surface area contributed by atoms with E-state index in [0.29, 0.717) is 21.3 Å². The summed E-state index contributed by atoms with van der Waals surface area (Å²) in [5, 5.41) is 18.3. The second kappa shape index (κ2) is 5.59. The third-order valence-electron chi connectivity index (χ3n) is 2.66. The molecule has 0 fully saturated rings. The van der Waals surface area contributed by atoms with Crippen molar-refractivity contribution in [1.82, 2.24) is 10.2 Å². The Labute approximate surface area is 119 Å². The van der Waals surface area contributed by atoms with E-state index in [1.54, 1.807) is 26.0 Å². The Balaban J connectivity index is 2.42. The van der Waals surface area contributed by atoms with Gasteiger partial charge in [-0.1, -0.05) is 23.4 Å². The highest BCUT2D eigenvalue weighted by molar-refractivity contribution is 7.99. The first-order valence-corrected chi connectivity index (χ1v) is 6.69. The fourth-order valence-electron chi connectivity index (χ4n) is 1.52. The van der Waals surface area contributed by atoms with Crippen molar-refractivity contribution in [3.05, 3.63) is 46.1 Å². The van der Waals surface area contributed by atoms with E-state index in [2.05, 4.69) is 10.2 Å². The van der Waals surface area contributed by atoms with Crippen LogP contribution >= 0.6 is 23.4 Å². The summed E-state index contributed by atoms with van der Waals surface area (Å²) in [5.74, 6) is -0.994. The third kappa shape index (κ3) is 3.05. The van der Waals surface area contributed by atoms with E-state index in [1.807, 2.05) is 12.1 Å². The van der Waals surface area contributed by atoms with Crippen molar-refractivity contribution in [2.24, 2.45) is 0 Å². The lowest BCUT2D eigenvalue weighted by molar-refractivity contribution is 0.0690. The quantitative estimate of drug-likeness (QED) is 0.937. The van der Waals surface area contributed by atoms with E-state index in [1.165, 1.54) is 11.8 Å². The molecule has 0 aliphatic carbocycles. The smallest absolute Gasteiger partial charge is 0.338 e. The van der Waals surface area contributed by atoms with Gasteiger partial charge in [0, 0.05) is 9.92 Å². The van der Waals surface area contributed by atoms with Gasteiger partial charge in [0.2, 0.25) is 0 Å². The molecule has 1 aromatic carbocycles. The van der Waals surface area contributed by atoms with Gasteiger partial charge in [-0.2, -0.15) is 5.10 Å². The van der Waals surface area contributed by atoms with E-state index in [-0.39, 0.29) is 5.56 Å². The zero-order valence-electron chi connectivity index (χ0n) is 10.3. The number of aromatic carboxylic acids is 1. The number of aromatic nitrogens is 2. The average molecular weight is 295 g/mol. The molecule has 0 amide bonds. The molecule has 0 radical (unpaired) electrons. The van der Waals surface area contributed by atoms with Gasteiger partial charge < -0.3 is 5.11 Å². The molecule has 0 aliphatic rings. The topological polar surface area (TPSA) is 63.1 Å². The second-order valence-corrected chi connectivity index (χ2v) is 5.45. The molecule has 1 heterocycles. The van der Waals surface area contributed by atoms with E-state index in [9.17, 15) is 9.90 Å². The molecule has 0 saturated carbocycles. The molecule has 0 unspecified atom stereocenters. The Morgan fingerprint density at radius 1 is 1.21 bits per heavy atom. The van der Waals surface area contributed by atoms with Gasteiger partial charge in [-0.05, 0) is 43.7 Å². The Hall–Kier alpha value is -1.59. The van der Waals surface area contributed by atoms with Crippen molar-refractivity contribution in [3.8, 4) is 0 Å². The summed E-state index contributed by atoms with van der Waals surface area (Å²) < 4.78 is 0. The number of hydrogen-bond donors (Lipinski definition) is 1. The van der Waals surface area contributed by atoms with Crippen LogP contribution in [0, 0.1) is 13.8 Å². The summed E-state index contributed by atoms with van der Waals surface area (Å²) >= 11 is 7.07. The molecule has 19 heavy (non-hydrogen) atoms. The number of aryl methyl sites for hydroxylation is 1. The van der Waals surface area contributed by atoms with Crippen LogP contribution in [0.15, 0.2) is 34.2 Å². The van der Waals surface area contributed by atoms with E-state index in [0.717, 1.165) is 4.90 Å². The molecule has 4 nitrogen and oxygen atoms in total. The Morgan fingerprint density at radius 3 is 2.42 bits per heavy atom. The van der Waals surface area contributed by atoms with Crippen LogP contribution in [0.25, 0.3) is 0 Å². The number of rotatable bonds is 3. The lowest BCUT2D eigenvalue weighted by Gasteiger charge is -2.08. The van der Waals surface area contributed by atoms with Crippen LogP contribution in [0.4, 0.5) is 0 Å². The summed E-state index contributed by atoms with van der Waals surface area (Å²) in [4.78, 5) is 12.2. The standard InChI is InChI=1S/C13H11ClN2O2S/c1-7-8(2)15-16-12(11(7)13(17)18)19-10-5-3-9(14)4-6-10/h3-6H,1-2H3,(H,17,18). The first kappa shape index (κ1) is 13.8. The Kier molecular flexibility index (Phi) is 4.07. The average Bonchev–Trinajstić information content (AvgIpc) is 2.36. The summed E-state index contributed by atoms with van der Waals surface area (Å²) in [6.07, 6.45) is 0. The van der Waals surface area contributed by atoms with Gasteiger partial charge in [0.1, 0.15) is 5.03 Å². The van der Waals surface area contributed by atoms with Gasteiger partial charge in [-0.15, -0.1) is 5.10 Å². The van der Waals surface area contributed by atoms with Crippen molar-refractivity contribution >= 4 is 29.3 Å². The Bertz CT molecular complexity index is 629. The van der Waals surface area contributed by atoms with Crippen LogP contribution in [0.5, 0.6) is 0 Å². The van der Waals surface area contributed by atoms with Crippen molar-refractivity contribution < 1.29 is 9.90 Å². The molecule has 6 heteroatoms. The van der Waals surface area contributed by atoms with Crippen molar-refractivity contribution in [2.75, 3.05) is 0 Å². The molecule has 98 valence electrons. The number of nitrogens with zero attached hydrogens (tertiary/aromatic N) is 2. The SMILES string of the molecule is Cc1nnc(Sc2ccc(Cl)cc2)c(C(=O)O)c1C. The van der Waals surface area contributed by atoms with Gasteiger partial charge in [0.05, 0.1) is 11.3 Å². The van der Waals surface area contributed by atoms with Crippen LogP contribution in [0.3, 0.4) is 0 Å². The third-order valence-corrected chi connectivity index (χ3v) is 3.90. The molecule has 0 aliphatic heterocycles. The molecule has 1 N–H and O–H groups in total. The molecule has 0 saturated heterocycles. The maximum absolute atomic E-state index is 11.3. The minimum Gasteiger partial charge on any atom is -0.478 e. The van der Waals surface area contributed by atoms with Crippen LogP contribution in [-0.4, -0.2) is 21.3 Å². The number of halogens is 1. The highest BCUT2D eigenvalue weighted by Crippen LogP contribution is 2.31. The number of carboxylic acid groups (broad SMARTS) is 1. The summed E-state index contributed by atoms with van der Waals surface area (Å²) in [6, 6.07) is 7.13. The second-order valence-electron chi connectivity index (χ2n) is 3.95. The van der Waals surface area contributed by atoms with Crippen LogP contribution in [-0.2, 0) is 0 Å². The van der Waals surface area contributed by atoms with Gasteiger partial charge in [0.15, 0.2) is 0 Å². The first-order valence-electron chi connectivity index (χ1n) is 5.49. The van der Waals surface area contributed by atoms with E-state index >= 15 is 0 Å². The lowest BCUT2D eigenvalue weighted by atomic mass is 10.1. The maximum atomic E-state index is 11.3. The minimum atomic E-state index is -0.994. The molecular formula is C13H11ClN2O2S. The molecule has 1 aromatic heterocycles. The van der Waals surface area contributed by atoms with Crippen LogP contribution < -0.4 is 0 Å². The van der Waals surface area contributed by atoms with Crippen molar-refractivity contribution in [3.63, 3.8) is 0 Å². The number of carboxylic acids is 1. The predicted octanol–water partition coefficient (Wildman–Crippen LogP) is 3.60. The molecule has 0 bridgehead atoms. The maximum Gasteiger partial charge on any atom is 0.338 e. The predicted molar refractivity (Wildman–Crippen MR) is 74.0 cm³/mol. The van der Waals surface area contributed by atoms with Crippen LogP contribution in [0.2, 0.25) is 5.02 Å². The lowest BCUT2D eigenvalue weighted by Crippen LogP contribution is -2.07. The zero-order chi connectivity index (χ0) is 14.0. The minimum absolute atomic E-state index is 0.201. The highest BCUT2D eigenvalue weighted by atomic mass is 35.5. The van der Waals surface area contributed by atoms with Crippen molar-refractivity contribution in [2.45, 2.75) is 23.8 Å². The fourth-order valence-corrected chi connectivity index (χ4v) is 2.57. The van der Waals surface area contributed by atoms with Crippen molar-refractivity contribution in [1.29, 1.82) is 0 Å². The number of benzene rings is 1. The first-order chi connectivity index (χ1) is 8.99. The molecule has 0 atom stereocenters. The monoisotopic (exact) mass is 294 g/mol. The normalized spacial score (nSPS) is 10.5. The highest BCUT2D eigenvalue weighted by Gasteiger charge is 2.18. The molecule has 0 spiro atoms. The Morgan fingerprint density at radius 2 is 1.84 bits per heavy atom. The van der Waals surface area contributed by atoms with Crippen LogP contribution in [0.1, 0.15) is 21.6 Å². The van der Waals surface area contributed by atoms with Gasteiger partial charge in [-0.3, -0.25) is 0 Å². The van der Waals surface area contributed by atoms with E-state index in [4.69, 9.17) is 11.6 Å². The van der Waals surface area contributed by atoms with Gasteiger partial charge in [0.25, 0.3) is 0 Å². The van der Waals surface area contributed by atoms with Gasteiger partial charge in [-0.25, -0.2) is 4.79 Å². The molecular weight excluding hydrogens is 284 g/mol. The largest absolute Gasteiger partial charge is 0.478 e. The fraction of sp³-hybridized carbons (Fsp3) is 0.154. The van der Waals surface area contributed by atoms with E-state index < -0.39 is 5.97 Å². The summed E-state index contributed by atoms with van der Waals surface area (Å²) in [7, 11) is 0. The zero-order valence-corrected chi connectivity index (χ0v) is 11.9. The summed E-state index contributed by atoms with van der Waals surface area (Å²) in [6.45, 7) is 3.48. The summed E-state index contributed by atoms with van der Waals surface area (Å²) in [5.41, 5.74) is 1.46. The molecule has 2 rings (SSSR count).